The summed E-state index contributed by atoms with van der Waals surface area (Å²) >= 11 is 5.06. The molecule has 3 nitrogen and oxygen atoms in total. The van der Waals surface area contributed by atoms with Crippen LogP contribution in [-0.2, 0) is 5.75 Å². The maximum absolute atomic E-state index is 12.8. The van der Waals surface area contributed by atoms with Crippen LogP contribution in [0.3, 0.4) is 0 Å². The highest BCUT2D eigenvalue weighted by Crippen LogP contribution is 2.23. The molecule has 2 aromatic rings. The van der Waals surface area contributed by atoms with E-state index in [9.17, 15) is 4.79 Å². The van der Waals surface area contributed by atoms with Gasteiger partial charge in [0.2, 0.25) is 0 Å². The van der Waals surface area contributed by atoms with Crippen molar-refractivity contribution in [3.8, 4) is 0 Å². The number of hydrogen-bond acceptors (Lipinski definition) is 3. The zero-order valence-electron chi connectivity index (χ0n) is 12.8. The molecule has 0 atom stereocenters. The molecule has 0 unspecified atom stereocenters. The minimum absolute atomic E-state index is 0.0441. The molecular weight excluding hydrogens is 372 g/mol. The van der Waals surface area contributed by atoms with Gasteiger partial charge in [0.05, 0.1) is 6.54 Å². The average Bonchev–Trinajstić information content (AvgIpc) is 3.03. The largest absolute Gasteiger partial charge is 0.286 e. The van der Waals surface area contributed by atoms with E-state index in [1.54, 1.807) is 16.7 Å². The van der Waals surface area contributed by atoms with Crippen molar-refractivity contribution >= 4 is 38.8 Å². The van der Waals surface area contributed by atoms with Crippen molar-refractivity contribution in [3.05, 3.63) is 69.7 Å². The Morgan fingerprint density at radius 3 is 2.70 bits per heavy atom. The van der Waals surface area contributed by atoms with E-state index >= 15 is 0 Å². The molecule has 0 bridgehead atoms. The fourth-order valence-corrected chi connectivity index (χ4v) is 3.69. The predicted molar refractivity (Wildman–Crippen MR) is 100.0 cm³/mol. The molecule has 23 heavy (non-hydrogen) atoms. The second-order valence-electron chi connectivity index (χ2n) is 5.35. The molecule has 0 radical (unpaired) electrons. The summed E-state index contributed by atoms with van der Waals surface area (Å²) in [5.74, 6) is 0.853. The third kappa shape index (κ3) is 3.85. The third-order valence-corrected chi connectivity index (χ3v) is 5.32. The Labute approximate surface area is 148 Å². The third-order valence-electron chi connectivity index (χ3n) is 3.70. The van der Waals surface area contributed by atoms with E-state index in [1.807, 2.05) is 43.3 Å². The van der Waals surface area contributed by atoms with Gasteiger partial charge in [-0.15, -0.1) is 0 Å². The summed E-state index contributed by atoms with van der Waals surface area (Å²) in [6.45, 7) is 3.31. The first kappa shape index (κ1) is 16.3. The smallest absolute Gasteiger partial charge is 0.260 e. The summed E-state index contributed by atoms with van der Waals surface area (Å²) in [5, 5.41) is 0.821. The highest BCUT2D eigenvalue weighted by molar-refractivity contribution is 9.10. The number of amidine groups is 1. The first-order valence-electron chi connectivity index (χ1n) is 7.44. The molecule has 5 heteroatoms. The van der Waals surface area contributed by atoms with Gasteiger partial charge in [-0.2, -0.15) is 0 Å². The molecule has 0 aliphatic carbocycles. The van der Waals surface area contributed by atoms with E-state index in [2.05, 4.69) is 33.1 Å². The number of thioether (sulfide) groups is 1. The van der Waals surface area contributed by atoms with Crippen LogP contribution in [0, 0.1) is 6.92 Å². The van der Waals surface area contributed by atoms with Gasteiger partial charge in [0, 0.05) is 22.3 Å². The zero-order valence-corrected chi connectivity index (χ0v) is 15.2. The summed E-state index contributed by atoms with van der Waals surface area (Å²) in [5.41, 5.74) is 2.98. The van der Waals surface area contributed by atoms with Crippen LogP contribution in [0.5, 0.6) is 0 Å². The maximum Gasteiger partial charge on any atom is 0.260 e. The lowest BCUT2D eigenvalue weighted by molar-refractivity contribution is 0.0860. The average molecular weight is 389 g/mol. The van der Waals surface area contributed by atoms with E-state index in [0.717, 1.165) is 26.5 Å². The molecule has 1 heterocycles. The fraction of sp³-hybridized carbons (Fsp3) is 0.222. The van der Waals surface area contributed by atoms with Gasteiger partial charge >= 0.3 is 0 Å². The van der Waals surface area contributed by atoms with Crippen molar-refractivity contribution in [1.29, 1.82) is 0 Å². The van der Waals surface area contributed by atoms with Crippen LogP contribution in [-0.4, -0.2) is 29.1 Å². The highest BCUT2D eigenvalue weighted by atomic mass is 79.9. The van der Waals surface area contributed by atoms with Gasteiger partial charge in [-0.1, -0.05) is 58.0 Å². The molecular formula is C18H17BrN2OS. The molecule has 0 saturated carbocycles. The van der Waals surface area contributed by atoms with Gasteiger partial charge < -0.3 is 0 Å². The van der Waals surface area contributed by atoms with Gasteiger partial charge in [-0.05, 0) is 36.2 Å². The number of aliphatic imine (C=N–C) groups is 1. The molecule has 0 saturated heterocycles. The molecule has 0 spiro atoms. The topological polar surface area (TPSA) is 32.7 Å². The van der Waals surface area contributed by atoms with E-state index in [1.165, 1.54) is 5.56 Å². The quantitative estimate of drug-likeness (QED) is 0.774. The molecule has 0 aromatic heterocycles. The lowest BCUT2D eigenvalue weighted by atomic mass is 10.1. The summed E-state index contributed by atoms with van der Waals surface area (Å²) in [6.07, 6.45) is 0. The summed E-state index contributed by atoms with van der Waals surface area (Å²) in [4.78, 5) is 19.1. The minimum Gasteiger partial charge on any atom is -0.286 e. The van der Waals surface area contributed by atoms with Gasteiger partial charge in [0.1, 0.15) is 0 Å². The van der Waals surface area contributed by atoms with Crippen molar-refractivity contribution in [1.82, 2.24) is 4.90 Å². The molecule has 0 N–H and O–H groups in total. The summed E-state index contributed by atoms with van der Waals surface area (Å²) in [6, 6.07) is 15.9. The Hall–Kier alpha value is -1.59. The molecule has 3 rings (SSSR count). The van der Waals surface area contributed by atoms with Crippen LogP contribution in [0.1, 0.15) is 21.5 Å². The first-order valence-corrected chi connectivity index (χ1v) is 9.22. The van der Waals surface area contributed by atoms with Crippen molar-refractivity contribution in [3.63, 3.8) is 0 Å². The predicted octanol–water partition coefficient (Wildman–Crippen LogP) is 4.50. The number of halogens is 1. The van der Waals surface area contributed by atoms with E-state index in [0.29, 0.717) is 13.1 Å². The lowest BCUT2D eigenvalue weighted by Crippen LogP contribution is -2.33. The number of nitrogens with zero attached hydrogens (tertiary/aromatic N) is 2. The second kappa shape index (κ2) is 7.32. The number of aryl methyl sites for hydroxylation is 1. The Kier molecular flexibility index (Phi) is 5.18. The number of benzene rings is 2. The van der Waals surface area contributed by atoms with Crippen molar-refractivity contribution in [2.24, 2.45) is 4.99 Å². The fourth-order valence-electron chi connectivity index (χ4n) is 2.43. The number of carbonyl (C=O) groups is 1. The van der Waals surface area contributed by atoms with Crippen LogP contribution in [0.4, 0.5) is 0 Å². The standard InChI is InChI=1S/C18H17BrN2OS/c1-13-4-2-3-5-16(13)17(22)21-11-10-20-18(21)23-12-14-6-8-15(19)9-7-14/h2-9H,10-12H2,1H3. The Morgan fingerprint density at radius 1 is 1.22 bits per heavy atom. The normalized spacial score (nSPS) is 14.0. The van der Waals surface area contributed by atoms with Gasteiger partial charge in [0.25, 0.3) is 5.91 Å². The molecule has 2 aromatic carbocycles. The molecule has 0 fully saturated rings. The van der Waals surface area contributed by atoms with Crippen LogP contribution in [0.15, 0.2) is 58.0 Å². The van der Waals surface area contributed by atoms with Crippen LogP contribution >= 0.6 is 27.7 Å². The highest BCUT2D eigenvalue weighted by Gasteiger charge is 2.25. The van der Waals surface area contributed by atoms with E-state index in [4.69, 9.17) is 0 Å². The Bertz CT molecular complexity index is 743. The van der Waals surface area contributed by atoms with Crippen LogP contribution < -0.4 is 0 Å². The first-order chi connectivity index (χ1) is 11.1. The lowest BCUT2D eigenvalue weighted by Gasteiger charge is -2.19. The van der Waals surface area contributed by atoms with Gasteiger partial charge in [0.15, 0.2) is 5.17 Å². The molecule has 1 aliphatic heterocycles. The van der Waals surface area contributed by atoms with E-state index < -0.39 is 0 Å². The van der Waals surface area contributed by atoms with Crippen molar-refractivity contribution < 1.29 is 4.79 Å². The number of carbonyl (C=O) groups excluding carboxylic acids is 1. The maximum atomic E-state index is 12.8. The van der Waals surface area contributed by atoms with Crippen LogP contribution in [0.25, 0.3) is 0 Å². The molecule has 118 valence electrons. The zero-order chi connectivity index (χ0) is 16.2. The second-order valence-corrected chi connectivity index (χ2v) is 7.21. The Balaban J connectivity index is 1.69. The molecule has 1 amide bonds. The minimum atomic E-state index is 0.0441. The van der Waals surface area contributed by atoms with E-state index in [-0.39, 0.29) is 5.91 Å². The number of amides is 1. The SMILES string of the molecule is Cc1ccccc1C(=O)N1CCN=C1SCc1ccc(Br)cc1. The van der Waals surface area contributed by atoms with Crippen LogP contribution in [0.2, 0.25) is 0 Å². The Morgan fingerprint density at radius 2 is 1.96 bits per heavy atom. The monoisotopic (exact) mass is 388 g/mol. The summed E-state index contributed by atoms with van der Waals surface area (Å²) in [7, 11) is 0. The van der Waals surface area contributed by atoms with Crippen molar-refractivity contribution in [2.45, 2.75) is 12.7 Å². The number of hydrogen-bond donors (Lipinski definition) is 0. The number of rotatable bonds is 3. The van der Waals surface area contributed by atoms with Crippen molar-refractivity contribution in [2.75, 3.05) is 13.1 Å². The van der Waals surface area contributed by atoms with Gasteiger partial charge in [-0.25, -0.2) is 0 Å². The molecule has 1 aliphatic rings. The summed E-state index contributed by atoms with van der Waals surface area (Å²) < 4.78 is 1.07. The van der Waals surface area contributed by atoms with Gasteiger partial charge in [-0.3, -0.25) is 14.7 Å².